The summed E-state index contributed by atoms with van der Waals surface area (Å²) in [6.45, 7) is 7.18. The molecule has 2 aliphatic rings. The van der Waals surface area contributed by atoms with Gasteiger partial charge in [0.2, 0.25) is 0 Å². The molecular weight excluding hydrogens is 394 g/mol. The predicted octanol–water partition coefficient (Wildman–Crippen LogP) is 3.87. The van der Waals surface area contributed by atoms with Gasteiger partial charge in [-0.05, 0) is 37.5 Å². The third-order valence-electron chi connectivity index (χ3n) is 5.27. The number of hydrogen-bond acceptors (Lipinski definition) is 4. The topological polar surface area (TPSA) is 59.0 Å². The quantitative estimate of drug-likeness (QED) is 0.732. The molecule has 0 amide bonds. The molecule has 3 rings (SSSR count). The maximum atomic E-state index is 13.0. The van der Waals surface area contributed by atoms with Gasteiger partial charge in [-0.2, -0.15) is 13.2 Å². The highest BCUT2D eigenvalue weighted by Gasteiger charge is 2.46. The molecule has 1 saturated carbocycles. The van der Waals surface area contributed by atoms with E-state index in [2.05, 4.69) is 4.90 Å². The zero-order valence-electron chi connectivity index (χ0n) is 16.4. The number of hydrogen-bond donors (Lipinski definition) is 1. The van der Waals surface area contributed by atoms with Crippen LogP contribution in [0.4, 0.5) is 17.6 Å². The van der Waals surface area contributed by atoms with E-state index in [4.69, 9.17) is 19.4 Å². The Balaban J connectivity index is 0.000000370. The number of benzene rings is 1. The van der Waals surface area contributed by atoms with Gasteiger partial charge in [0, 0.05) is 32.2 Å². The fourth-order valence-electron chi connectivity index (χ4n) is 3.87. The number of carboxylic acids is 1. The Kier molecular flexibility index (Phi) is 8.42. The van der Waals surface area contributed by atoms with Crippen LogP contribution in [0.5, 0.6) is 0 Å². The first-order valence-corrected chi connectivity index (χ1v) is 9.65. The van der Waals surface area contributed by atoms with E-state index in [-0.39, 0.29) is 11.4 Å². The molecule has 1 aliphatic carbocycles. The first-order chi connectivity index (χ1) is 13.7. The minimum Gasteiger partial charge on any atom is -0.475 e. The average Bonchev–Trinajstić information content (AvgIpc) is 3.03. The lowest BCUT2D eigenvalue weighted by Crippen LogP contribution is -2.54. The summed E-state index contributed by atoms with van der Waals surface area (Å²) in [7, 11) is 0. The Hall–Kier alpha value is -1.71. The van der Waals surface area contributed by atoms with Crippen molar-refractivity contribution in [3.63, 3.8) is 0 Å². The third-order valence-corrected chi connectivity index (χ3v) is 5.27. The van der Waals surface area contributed by atoms with Crippen LogP contribution >= 0.6 is 0 Å². The number of morpholine rings is 1. The van der Waals surface area contributed by atoms with Crippen molar-refractivity contribution >= 4 is 5.97 Å². The summed E-state index contributed by atoms with van der Waals surface area (Å²) in [6.07, 6.45) is -1.53. The van der Waals surface area contributed by atoms with E-state index >= 15 is 0 Å². The van der Waals surface area contributed by atoms with E-state index in [0.29, 0.717) is 5.92 Å². The average molecular weight is 421 g/mol. The summed E-state index contributed by atoms with van der Waals surface area (Å²) in [5.41, 5.74) is 1.13. The van der Waals surface area contributed by atoms with E-state index in [9.17, 15) is 17.6 Å². The van der Waals surface area contributed by atoms with Crippen LogP contribution in [0.3, 0.4) is 0 Å². The van der Waals surface area contributed by atoms with Gasteiger partial charge in [-0.15, -0.1) is 0 Å². The van der Waals surface area contributed by atoms with E-state index < -0.39 is 12.1 Å². The fraction of sp³-hybridized carbons (Fsp3) is 0.650. The molecule has 29 heavy (non-hydrogen) atoms. The Labute approximate surface area is 167 Å². The van der Waals surface area contributed by atoms with E-state index in [0.717, 1.165) is 51.4 Å². The summed E-state index contributed by atoms with van der Waals surface area (Å²) >= 11 is 0. The number of aliphatic carboxylic acids is 1. The number of rotatable bonds is 5. The highest BCUT2D eigenvalue weighted by Crippen LogP contribution is 2.41. The number of carbonyl (C=O) groups is 1. The van der Waals surface area contributed by atoms with E-state index in [1.54, 1.807) is 12.1 Å². The zero-order chi connectivity index (χ0) is 21.5. The zero-order valence-corrected chi connectivity index (χ0v) is 16.4. The Morgan fingerprint density at radius 1 is 1.34 bits per heavy atom. The number of halogens is 4. The largest absolute Gasteiger partial charge is 0.490 e. The summed E-state index contributed by atoms with van der Waals surface area (Å²) in [5.74, 6) is -2.43. The molecular formula is C20H27F4NO4. The highest BCUT2D eigenvalue weighted by molar-refractivity contribution is 5.73. The molecule has 1 heterocycles. The summed E-state index contributed by atoms with van der Waals surface area (Å²) in [4.78, 5) is 11.3. The van der Waals surface area contributed by atoms with E-state index in [1.807, 2.05) is 19.1 Å². The van der Waals surface area contributed by atoms with Gasteiger partial charge in [-0.25, -0.2) is 9.18 Å². The monoisotopic (exact) mass is 421 g/mol. The maximum absolute atomic E-state index is 13.0. The molecule has 0 unspecified atom stereocenters. The predicted molar refractivity (Wildman–Crippen MR) is 97.9 cm³/mol. The van der Waals surface area contributed by atoms with Gasteiger partial charge in [-0.3, -0.25) is 4.90 Å². The second-order valence-electron chi connectivity index (χ2n) is 7.30. The van der Waals surface area contributed by atoms with Gasteiger partial charge < -0.3 is 14.6 Å². The first kappa shape index (κ1) is 23.6. The van der Waals surface area contributed by atoms with Crippen molar-refractivity contribution in [2.45, 2.75) is 44.5 Å². The van der Waals surface area contributed by atoms with Crippen LogP contribution in [0.25, 0.3) is 0 Å². The van der Waals surface area contributed by atoms with Crippen molar-refractivity contribution in [1.29, 1.82) is 0 Å². The molecule has 1 N–H and O–H groups in total. The molecule has 1 spiro atoms. The lowest BCUT2D eigenvalue weighted by atomic mass is 9.89. The number of carboxylic acid groups (broad SMARTS) is 1. The van der Waals surface area contributed by atoms with Crippen molar-refractivity contribution in [2.75, 3.05) is 32.9 Å². The fourth-order valence-corrected chi connectivity index (χ4v) is 3.87. The summed E-state index contributed by atoms with van der Waals surface area (Å²) in [6, 6.07) is 6.84. The van der Waals surface area contributed by atoms with Crippen LogP contribution in [0, 0.1) is 11.7 Å². The molecule has 1 aromatic rings. The molecule has 1 saturated heterocycles. The highest BCUT2D eigenvalue weighted by atomic mass is 19.4. The second kappa shape index (κ2) is 10.4. The summed E-state index contributed by atoms with van der Waals surface area (Å²) < 4.78 is 56.7. The Bertz CT molecular complexity index is 653. The minimum absolute atomic E-state index is 0.0343. The molecule has 1 aromatic carbocycles. The molecule has 2 fully saturated rings. The molecule has 1 aliphatic heterocycles. The SMILES string of the molecule is CCOC[C@@H]1CCC[C@@]12CN(Cc1ccc(F)cc1)CCO2.O=C(O)C(F)(F)F. The molecule has 5 nitrogen and oxygen atoms in total. The molecule has 0 aromatic heterocycles. The lowest BCUT2D eigenvalue weighted by molar-refractivity contribution is -0.192. The third kappa shape index (κ3) is 6.94. The van der Waals surface area contributed by atoms with Gasteiger partial charge in [0.1, 0.15) is 5.82 Å². The van der Waals surface area contributed by atoms with E-state index in [1.165, 1.54) is 12.8 Å². The normalized spacial score (nSPS) is 24.9. The lowest BCUT2D eigenvalue weighted by Gasteiger charge is -2.44. The summed E-state index contributed by atoms with van der Waals surface area (Å²) in [5, 5.41) is 7.12. The van der Waals surface area contributed by atoms with Crippen LogP contribution < -0.4 is 0 Å². The van der Waals surface area contributed by atoms with Crippen LogP contribution in [0.15, 0.2) is 24.3 Å². The number of ether oxygens (including phenoxy) is 2. The van der Waals surface area contributed by atoms with Gasteiger partial charge in [0.05, 0.1) is 18.8 Å². The molecule has 164 valence electrons. The van der Waals surface area contributed by atoms with Crippen LogP contribution in [0.1, 0.15) is 31.7 Å². The Morgan fingerprint density at radius 3 is 2.59 bits per heavy atom. The van der Waals surface area contributed by atoms with Crippen molar-refractivity contribution in [1.82, 2.24) is 4.90 Å². The van der Waals surface area contributed by atoms with Crippen molar-refractivity contribution in [2.24, 2.45) is 5.92 Å². The number of nitrogens with zero attached hydrogens (tertiary/aromatic N) is 1. The molecule has 0 bridgehead atoms. The van der Waals surface area contributed by atoms with Crippen molar-refractivity contribution in [3.8, 4) is 0 Å². The van der Waals surface area contributed by atoms with Crippen LogP contribution in [-0.4, -0.2) is 60.7 Å². The molecule has 0 radical (unpaired) electrons. The standard InChI is InChI=1S/C18H26FNO2.C2HF3O2/c1-2-21-13-16-4-3-9-18(16)14-20(10-11-22-18)12-15-5-7-17(19)8-6-15;3-2(4,5)1(6)7/h5-8,16H,2-4,9-14H2,1H3;(H,6,7)/t16-,18+;/m0./s1. The second-order valence-corrected chi connectivity index (χ2v) is 7.30. The van der Waals surface area contributed by atoms with Gasteiger partial charge in [-0.1, -0.05) is 18.6 Å². The Morgan fingerprint density at radius 2 is 2.00 bits per heavy atom. The first-order valence-electron chi connectivity index (χ1n) is 9.65. The maximum Gasteiger partial charge on any atom is 0.490 e. The van der Waals surface area contributed by atoms with Crippen molar-refractivity contribution < 1.29 is 36.9 Å². The smallest absolute Gasteiger partial charge is 0.475 e. The molecule has 9 heteroatoms. The van der Waals surface area contributed by atoms with Gasteiger partial charge >= 0.3 is 12.1 Å². The van der Waals surface area contributed by atoms with Crippen molar-refractivity contribution in [3.05, 3.63) is 35.6 Å². The minimum atomic E-state index is -5.08. The molecule has 2 atom stereocenters. The van der Waals surface area contributed by atoms with Crippen LogP contribution in [-0.2, 0) is 20.8 Å². The van der Waals surface area contributed by atoms with Gasteiger partial charge in [0.15, 0.2) is 0 Å². The number of alkyl halides is 3. The van der Waals surface area contributed by atoms with Crippen LogP contribution in [0.2, 0.25) is 0 Å². The van der Waals surface area contributed by atoms with Gasteiger partial charge in [0.25, 0.3) is 0 Å².